The molecule has 1 fully saturated rings. The lowest BCUT2D eigenvalue weighted by atomic mass is 9.89. The topological polar surface area (TPSA) is 316 Å². The summed E-state index contributed by atoms with van der Waals surface area (Å²) in [5.41, 5.74) is 14.7. The molecule has 4 rings (SSSR count). The number of anilines is 2. The Balaban J connectivity index is 1.37. The molecule has 3 aromatic carbocycles. The van der Waals surface area contributed by atoms with Gasteiger partial charge in [-0.3, -0.25) is 38.6 Å². The molecule has 93 heavy (non-hydrogen) atoms. The van der Waals surface area contributed by atoms with Gasteiger partial charge in [-0.25, -0.2) is 14.4 Å². The van der Waals surface area contributed by atoms with Gasteiger partial charge in [0.25, 0.3) is 0 Å². The Morgan fingerprint density at radius 3 is 1.89 bits per heavy atom. The van der Waals surface area contributed by atoms with Gasteiger partial charge in [-0.2, -0.15) is 0 Å². The zero-order chi connectivity index (χ0) is 69.2. The second-order valence-electron chi connectivity index (χ2n) is 25.4. The highest BCUT2D eigenvalue weighted by Gasteiger charge is 2.44. The van der Waals surface area contributed by atoms with Crippen LogP contribution in [0.15, 0.2) is 78.9 Å². The van der Waals surface area contributed by atoms with Crippen LogP contribution in [0.3, 0.4) is 0 Å². The van der Waals surface area contributed by atoms with Crippen molar-refractivity contribution in [2.24, 2.45) is 41.1 Å². The summed E-state index contributed by atoms with van der Waals surface area (Å²) >= 11 is 0. The minimum atomic E-state index is -0.933. The predicted octanol–water partition coefficient (Wildman–Crippen LogP) is 6.17. The van der Waals surface area contributed by atoms with E-state index in [0.717, 1.165) is 11.1 Å². The van der Waals surface area contributed by atoms with Gasteiger partial charge in [0.2, 0.25) is 35.4 Å². The van der Waals surface area contributed by atoms with Gasteiger partial charge < -0.3 is 66.8 Å². The molecule has 1 aliphatic heterocycles. The van der Waals surface area contributed by atoms with Crippen LogP contribution in [-0.2, 0) is 72.0 Å². The van der Waals surface area contributed by atoms with Crippen LogP contribution in [0.5, 0.6) is 0 Å². The van der Waals surface area contributed by atoms with E-state index in [2.05, 4.69) is 26.6 Å². The lowest BCUT2D eigenvalue weighted by molar-refractivity contribution is -0.149. The van der Waals surface area contributed by atoms with E-state index in [0.29, 0.717) is 68.6 Å². The fourth-order valence-corrected chi connectivity index (χ4v) is 11.8. The predicted molar refractivity (Wildman–Crippen MR) is 358 cm³/mol. The number of amides is 9. The molecule has 1 heterocycles. The number of nitrogens with two attached hydrogens (primary N) is 2. The maximum atomic E-state index is 14.9. The Labute approximate surface area is 551 Å². The number of likely N-dealkylation sites (N-methyl/N-ethyl adjacent to an activating group) is 2. The molecule has 0 bridgehead atoms. The smallest absolute Gasteiger partial charge is 0.414 e. The summed E-state index contributed by atoms with van der Waals surface area (Å²) < 4.78 is 22.8. The fourth-order valence-electron chi connectivity index (χ4n) is 11.8. The molecule has 1 saturated heterocycles. The van der Waals surface area contributed by atoms with Crippen molar-refractivity contribution >= 4 is 64.9 Å². The van der Waals surface area contributed by atoms with Crippen molar-refractivity contribution in [3.8, 4) is 0 Å². The summed E-state index contributed by atoms with van der Waals surface area (Å²) in [4.78, 5) is 128. The second kappa shape index (κ2) is 38.5. The Morgan fingerprint density at radius 1 is 0.699 bits per heavy atom. The third kappa shape index (κ3) is 23.1. The maximum Gasteiger partial charge on any atom is 0.414 e. The zero-order valence-electron chi connectivity index (χ0n) is 57.5. The Hall–Kier alpha value is -7.67. The number of carbonyl (C=O) groups is 9. The molecule has 9 N–H and O–H groups in total. The number of hydrogen-bond acceptors (Lipinski definition) is 15. The number of ether oxygens (including phenoxy) is 4. The number of nitrogens with zero attached hydrogens (tertiary/aromatic N) is 4. The van der Waals surface area contributed by atoms with Crippen LogP contribution in [-0.4, -0.2) is 185 Å². The summed E-state index contributed by atoms with van der Waals surface area (Å²) in [6.07, 6.45) is 1.95. The lowest BCUT2D eigenvalue weighted by Crippen LogP contribution is -2.60. The largest absolute Gasteiger partial charge is 0.467 e. The van der Waals surface area contributed by atoms with Gasteiger partial charge in [0.05, 0.1) is 55.8 Å². The first-order chi connectivity index (χ1) is 44.1. The van der Waals surface area contributed by atoms with E-state index in [-0.39, 0.29) is 73.8 Å². The van der Waals surface area contributed by atoms with E-state index in [4.69, 9.17) is 30.4 Å². The van der Waals surface area contributed by atoms with E-state index < -0.39 is 96.2 Å². The van der Waals surface area contributed by atoms with Gasteiger partial charge in [0.15, 0.2) is 0 Å². The van der Waals surface area contributed by atoms with Crippen LogP contribution < -0.4 is 43.0 Å². The van der Waals surface area contributed by atoms with Gasteiger partial charge in [0, 0.05) is 65.7 Å². The number of esters is 1. The summed E-state index contributed by atoms with van der Waals surface area (Å²) in [7, 11) is 9.54. The maximum absolute atomic E-state index is 14.9. The van der Waals surface area contributed by atoms with Crippen molar-refractivity contribution in [2.75, 3.05) is 72.3 Å². The number of carbonyl (C=O) groups excluding carboxylic acids is 9. The molecule has 0 radical (unpaired) electrons. The highest BCUT2D eigenvalue weighted by Crippen LogP contribution is 2.30. The molecule has 0 aliphatic carbocycles. The molecule has 0 unspecified atom stereocenters. The van der Waals surface area contributed by atoms with Gasteiger partial charge >= 0.3 is 18.1 Å². The number of nitrogens with one attached hydrogen (secondary N) is 5. The molecule has 0 spiro atoms. The number of hydrogen-bond donors (Lipinski definition) is 7. The van der Waals surface area contributed by atoms with Crippen molar-refractivity contribution in [1.82, 2.24) is 36.0 Å². The highest BCUT2D eigenvalue weighted by molar-refractivity contribution is 5.98. The molecule has 9 amide bonds. The average molecular weight is 1300 g/mol. The molecule has 0 saturated carbocycles. The number of methoxy groups -OCH3 is 3. The van der Waals surface area contributed by atoms with Crippen LogP contribution >= 0.6 is 0 Å². The Bertz CT molecular complexity index is 2880. The van der Waals surface area contributed by atoms with E-state index >= 15 is 0 Å². The van der Waals surface area contributed by atoms with Crippen LogP contribution in [0, 0.1) is 29.6 Å². The van der Waals surface area contributed by atoms with Gasteiger partial charge in [0.1, 0.15) is 24.7 Å². The standard InChI is InChI=1S/C69H107N11O13/c1-16-44(7)59(55(90-13)40-56(81)80-37-22-26-54(80)61(91-14)46(9)62(82)75-53(67(87)92-15)39-48-23-19-18-20-24-48)79(12)66(86)58(43(5)6)76-65(85)60(45(8)17-2)77(10)38-35-47-29-33-51(34-30-47)78(11)69(89)93-41-49-27-31-50(32-28-49)73-63(83)52(25-21-36-72-68(71)88)74-64(84)57(70)42(3)4/h18-20,23-24,27-34,42-46,52-55,57-61H,16-17,21-22,25-26,35-41,70H2,1-15H3,(H,73,83)(H,74,84)(H,75,82)(H,76,85)(H3,71,72,88)/t44-,45+,46+,52-,53-,54-,55+,57-,58-,59-,60-,61+/m0/s1. The number of primary amides is 1. The van der Waals surface area contributed by atoms with Crippen LogP contribution in [0.4, 0.5) is 21.0 Å². The number of benzene rings is 3. The van der Waals surface area contributed by atoms with E-state index in [1.807, 2.05) is 108 Å². The molecule has 516 valence electrons. The van der Waals surface area contributed by atoms with Gasteiger partial charge in [-0.15, -0.1) is 0 Å². The first-order valence-electron chi connectivity index (χ1n) is 32.7. The highest BCUT2D eigenvalue weighted by atomic mass is 16.6. The van der Waals surface area contributed by atoms with E-state index in [1.54, 1.807) is 68.9 Å². The van der Waals surface area contributed by atoms with Gasteiger partial charge in [-0.05, 0) is 104 Å². The van der Waals surface area contributed by atoms with E-state index in [1.165, 1.54) is 26.2 Å². The summed E-state index contributed by atoms with van der Waals surface area (Å²) in [5, 5.41) is 14.0. The third-order valence-corrected chi connectivity index (χ3v) is 18.1. The summed E-state index contributed by atoms with van der Waals surface area (Å²) in [6.45, 7) is 18.3. The second-order valence-corrected chi connectivity index (χ2v) is 25.4. The van der Waals surface area contributed by atoms with Crippen molar-refractivity contribution < 1.29 is 62.1 Å². The number of urea groups is 1. The minimum Gasteiger partial charge on any atom is -0.467 e. The third-order valence-electron chi connectivity index (χ3n) is 18.1. The summed E-state index contributed by atoms with van der Waals surface area (Å²) in [6, 6.07) is 17.6. The van der Waals surface area contributed by atoms with Gasteiger partial charge in [-0.1, -0.05) is 130 Å². The zero-order valence-corrected chi connectivity index (χ0v) is 57.5. The molecule has 3 aromatic rings. The Kier molecular flexibility index (Phi) is 32.2. The molecular weight excluding hydrogens is 1190 g/mol. The normalized spacial score (nSPS) is 16.7. The molecule has 1 aliphatic rings. The fraction of sp³-hybridized carbons (Fsp3) is 0.609. The Morgan fingerprint density at radius 2 is 1.32 bits per heavy atom. The quantitative estimate of drug-likeness (QED) is 0.0251. The number of likely N-dealkylation sites (tertiary alicyclic amines) is 1. The van der Waals surface area contributed by atoms with Crippen molar-refractivity contribution in [2.45, 2.75) is 181 Å². The van der Waals surface area contributed by atoms with Crippen LogP contribution in [0.25, 0.3) is 0 Å². The van der Waals surface area contributed by atoms with Crippen LogP contribution in [0.1, 0.15) is 124 Å². The molecule has 0 aromatic heterocycles. The molecule has 12 atom stereocenters. The number of rotatable bonds is 37. The van der Waals surface area contributed by atoms with Crippen molar-refractivity contribution in [3.05, 3.63) is 95.6 Å². The minimum absolute atomic E-state index is 0.0501. The molecule has 24 nitrogen and oxygen atoms in total. The summed E-state index contributed by atoms with van der Waals surface area (Å²) in [5.74, 6) is -4.14. The lowest BCUT2D eigenvalue weighted by Gasteiger charge is -2.41. The van der Waals surface area contributed by atoms with E-state index in [9.17, 15) is 43.2 Å². The SMILES string of the molecule is CC[C@@H](C)[C@@H](C(=O)N[C@H](C(=O)N(C)[C@@H]([C@@H](C)CC)[C@@H](CC(=O)N1CCC[C@H]1[C@H](OC)[C@@H](C)C(=O)N[C@@H](Cc1ccccc1)C(=O)OC)OC)C(C)C)N(C)CCc1ccc(N(C)C(=O)OCc2ccc(NC(=O)[C@H](CCCNC(N)=O)NC(=O)[C@@H](N)C(C)C)cc2)cc1. The molecule has 24 heteroatoms. The average Bonchev–Trinajstić information content (AvgIpc) is 1.93. The first kappa shape index (κ1) is 77.8. The first-order valence-corrected chi connectivity index (χ1v) is 32.7. The molecular formula is C69H107N11O13. The monoisotopic (exact) mass is 1300 g/mol. The van der Waals surface area contributed by atoms with Crippen molar-refractivity contribution in [3.63, 3.8) is 0 Å². The van der Waals surface area contributed by atoms with Crippen molar-refractivity contribution in [1.29, 1.82) is 0 Å². The van der Waals surface area contributed by atoms with Crippen LogP contribution in [0.2, 0.25) is 0 Å².